The van der Waals surface area contributed by atoms with E-state index in [0.717, 1.165) is 13.0 Å². The van der Waals surface area contributed by atoms with Crippen molar-refractivity contribution >= 4 is 5.78 Å². The van der Waals surface area contributed by atoms with Crippen molar-refractivity contribution in [3.8, 4) is 5.92 Å². The van der Waals surface area contributed by atoms with E-state index >= 15 is 0 Å². The van der Waals surface area contributed by atoms with Gasteiger partial charge in [-0.1, -0.05) is 13.8 Å². The molecule has 1 rings (SSSR count). The molecular formula is C12H17KN2O. The summed E-state index contributed by atoms with van der Waals surface area (Å²) in [6.45, 7) is 6.26. The summed E-state index contributed by atoms with van der Waals surface area (Å²) in [6, 6.07) is 0. The maximum Gasteiger partial charge on any atom is 1.00 e. The summed E-state index contributed by atoms with van der Waals surface area (Å²) < 4.78 is 1.72. The fraction of sp³-hybridized carbons (Fsp3) is 0.500. The molecule has 0 bridgehead atoms. The maximum absolute atomic E-state index is 10.9. The Kier molecular flexibility index (Phi) is 13.3. The second-order valence-electron chi connectivity index (χ2n) is 2.83. The second-order valence-corrected chi connectivity index (χ2v) is 2.83. The van der Waals surface area contributed by atoms with Gasteiger partial charge in [0.25, 0.3) is 0 Å². The molecule has 0 amide bonds. The molecule has 1 aromatic heterocycles. The molecule has 0 spiro atoms. The fourth-order valence-corrected chi connectivity index (χ4v) is 0.997. The Balaban J connectivity index is 0. The summed E-state index contributed by atoms with van der Waals surface area (Å²) in [4.78, 5) is 10.9. The Hall–Kier alpha value is 0.0764. The average Bonchev–Trinajstić information content (AvgIpc) is 2.70. The number of aryl methyl sites for hydroxylation is 1. The van der Waals surface area contributed by atoms with Crippen molar-refractivity contribution in [1.82, 2.24) is 9.78 Å². The van der Waals surface area contributed by atoms with Crippen LogP contribution >= 0.6 is 0 Å². The first-order valence-electron chi connectivity index (χ1n) is 5.17. The molecule has 3 nitrogen and oxygen atoms in total. The van der Waals surface area contributed by atoms with E-state index in [2.05, 4.69) is 11.0 Å². The van der Waals surface area contributed by atoms with E-state index in [1.165, 1.54) is 6.92 Å². The van der Waals surface area contributed by atoms with Crippen molar-refractivity contribution < 1.29 is 56.2 Å². The van der Waals surface area contributed by atoms with Gasteiger partial charge in [0.1, 0.15) is 0 Å². The van der Waals surface area contributed by atoms with Gasteiger partial charge in [0.05, 0.1) is 11.8 Å². The van der Waals surface area contributed by atoms with Crippen LogP contribution in [0.2, 0.25) is 0 Å². The molecule has 4 heteroatoms. The molecule has 0 aromatic carbocycles. The number of nitrogens with zero attached hydrogens (tertiary/aromatic N) is 2. The Bertz CT molecular complexity index is 339. The van der Waals surface area contributed by atoms with E-state index < -0.39 is 0 Å². The van der Waals surface area contributed by atoms with Gasteiger partial charge in [-0.25, -0.2) is 0 Å². The molecule has 0 aliphatic heterocycles. The average molecular weight is 244 g/mol. The summed E-state index contributed by atoms with van der Waals surface area (Å²) in [7, 11) is 0. The van der Waals surface area contributed by atoms with Gasteiger partial charge in [0, 0.05) is 12.7 Å². The molecule has 0 unspecified atom stereocenters. The third kappa shape index (κ3) is 7.37. The maximum atomic E-state index is 10.9. The first-order valence-corrected chi connectivity index (χ1v) is 5.17. The minimum atomic E-state index is 0. The predicted octanol–water partition coefficient (Wildman–Crippen LogP) is -0.514. The van der Waals surface area contributed by atoms with Crippen molar-refractivity contribution in [3.63, 3.8) is 0 Å². The van der Waals surface area contributed by atoms with E-state index in [1.54, 1.807) is 17.1 Å². The van der Waals surface area contributed by atoms with Gasteiger partial charge in [-0.2, -0.15) is 5.10 Å². The Labute approximate surface area is 140 Å². The van der Waals surface area contributed by atoms with Gasteiger partial charge in [-0.3, -0.25) is 9.48 Å². The minimum Gasteiger partial charge on any atom is -0.694 e. The number of carbonyl (C=O) groups excluding carboxylic acids is 1. The molecule has 0 radical (unpaired) electrons. The van der Waals surface area contributed by atoms with E-state index in [9.17, 15) is 4.79 Å². The molecule has 82 valence electrons. The summed E-state index contributed by atoms with van der Waals surface area (Å²) in [6.07, 6.45) is 11.5. The molecule has 0 fully saturated rings. The molecule has 16 heavy (non-hydrogen) atoms. The van der Waals surface area contributed by atoms with Crippen LogP contribution in [0.25, 0.3) is 0 Å². The van der Waals surface area contributed by atoms with Crippen LogP contribution < -0.4 is 51.4 Å². The number of carbonyl (C=O) groups is 1. The Morgan fingerprint density at radius 1 is 1.56 bits per heavy atom. The van der Waals surface area contributed by atoms with E-state index in [1.807, 2.05) is 13.8 Å². The third-order valence-electron chi connectivity index (χ3n) is 1.73. The number of ketones is 1. The van der Waals surface area contributed by atoms with Gasteiger partial charge in [-0.05, 0) is 19.8 Å². The van der Waals surface area contributed by atoms with Crippen LogP contribution in [0.5, 0.6) is 0 Å². The number of rotatable bonds is 4. The molecule has 1 aromatic rings. The topological polar surface area (TPSA) is 34.9 Å². The SMILES string of the molecule is CC.[C-]#CCCCn1cc(C(C)=O)cn1.[K+]. The Morgan fingerprint density at radius 2 is 2.19 bits per heavy atom. The Morgan fingerprint density at radius 3 is 2.62 bits per heavy atom. The molecule has 0 aliphatic rings. The zero-order chi connectivity index (χ0) is 11.7. The number of Topliss-reactive ketones (excluding diaryl/α,β-unsaturated/α-hetero) is 1. The van der Waals surface area contributed by atoms with Crippen molar-refractivity contribution in [2.75, 3.05) is 0 Å². The molecule has 1 heterocycles. The molecule has 0 N–H and O–H groups in total. The van der Waals surface area contributed by atoms with Gasteiger partial charge >= 0.3 is 51.4 Å². The van der Waals surface area contributed by atoms with Crippen LogP contribution in [-0.4, -0.2) is 15.6 Å². The number of hydrogen-bond donors (Lipinski definition) is 0. The van der Waals surface area contributed by atoms with Gasteiger partial charge in [0.15, 0.2) is 5.78 Å². The van der Waals surface area contributed by atoms with E-state index in [4.69, 9.17) is 6.42 Å². The summed E-state index contributed by atoms with van der Waals surface area (Å²) >= 11 is 0. The summed E-state index contributed by atoms with van der Waals surface area (Å²) in [5.74, 6) is 2.34. The molecule has 0 saturated heterocycles. The molecule has 0 aliphatic carbocycles. The van der Waals surface area contributed by atoms with Gasteiger partial charge < -0.3 is 12.3 Å². The van der Waals surface area contributed by atoms with Crippen LogP contribution in [0, 0.1) is 12.3 Å². The van der Waals surface area contributed by atoms with Crippen LogP contribution in [0.3, 0.4) is 0 Å². The van der Waals surface area contributed by atoms with Crippen LogP contribution in [0.1, 0.15) is 44.0 Å². The van der Waals surface area contributed by atoms with Crippen molar-refractivity contribution in [3.05, 3.63) is 24.4 Å². The minimum absolute atomic E-state index is 0. The first-order chi connectivity index (χ1) is 7.24. The molecule has 0 saturated carbocycles. The molecule has 0 atom stereocenters. The summed E-state index contributed by atoms with van der Waals surface area (Å²) in [5.41, 5.74) is 0.638. The normalized spacial score (nSPS) is 8.12. The number of unbranched alkanes of at least 4 members (excludes halogenated alkanes) is 1. The smallest absolute Gasteiger partial charge is 0.694 e. The van der Waals surface area contributed by atoms with Crippen LogP contribution in [-0.2, 0) is 6.54 Å². The van der Waals surface area contributed by atoms with E-state index in [0.29, 0.717) is 12.0 Å². The monoisotopic (exact) mass is 244 g/mol. The standard InChI is InChI=1S/C10H11N2O.C2H6.K/c1-3-4-5-6-12-8-10(7-11-12)9(2)13;1-2;/h7-8H,4-6H2,2H3;1-2H3;/q-1;;+1. The zero-order valence-electron chi connectivity index (χ0n) is 10.6. The van der Waals surface area contributed by atoms with Crippen LogP contribution in [0.4, 0.5) is 0 Å². The quantitative estimate of drug-likeness (QED) is 0.235. The van der Waals surface area contributed by atoms with E-state index in [-0.39, 0.29) is 57.2 Å². The number of hydrogen-bond acceptors (Lipinski definition) is 2. The third-order valence-corrected chi connectivity index (χ3v) is 1.73. The van der Waals surface area contributed by atoms with Crippen molar-refractivity contribution in [1.29, 1.82) is 0 Å². The van der Waals surface area contributed by atoms with Crippen LogP contribution in [0.15, 0.2) is 12.4 Å². The second kappa shape index (κ2) is 11.6. The number of aromatic nitrogens is 2. The van der Waals surface area contributed by atoms with Crippen molar-refractivity contribution in [2.45, 2.75) is 40.2 Å². The fourth-order valence-electron chi connectivity index (χ4n) is 0.997. The van der Waals surface area contributed by atoms with Gasteiger partial charge in [0.2, 0.25) is 0 Å². The predicted molar refractivity (Wildman–Crippen MR) is 59.9 cm³/mol. The van der Waals surface area contributed by atoms with Crippen molar-refractivity contribution in [2.24, 2.45) is 0 Å². The zero-order valence-corrected chi connectivity index (χ0v) is 13.7. The summed E-state index contributed by atoms with van der Waals surface area (Å²) in [5, 5.41) is 4.02. The first kappa shape index (κ1) is 18.4. The molecular weight excluding hydrogens is 227 g/mol. The van der Waals surface area contributed by atoms with Gasteiger partial charge in [-0.15, -0.1) is 0 Å². The largest absolute Gasteiger partial charge is 1.00 e.